The Morgan fingerprint density at radius 2 is 2.27 bits per heavy atom. The summed E-state index contributed by atoms with van der Waals surface area (Å²) in [4.78, 5) is 0.475. The van der Waals surface area contributed by atoms with Crippen molar-refractivity contribution in [3.8, 4) is 0 Å². The molecule has 1 N–H and O–H groups in total. The lowest BCUT2D eigenvalue weighted by Gasteiger charge is -2.07. The third kappa shape index (κ3) is 1.91. The first-order chi connectivity index (χ1) is 5.17. The predicted molar refractivity (Wildman–Crippen MR) is 44.4 cm³/mol. The molecule has 11 heavy (non-hydrogen) atoms. The van der Waals surface area contributed by atoms with Crippen LogP contribution in [0.3, 0.4) is 0 Å². The molecule has 0 atom stereocenters. The maximum atomic E-state index is 11.1. The Balaban J connectivity index is 2.91. The van der Waals surface area contributed by atoms with E-state index >= 15 is 0 Å². The van der Waals surface area contributed by atoms with E-state index in [1.807, 2.05) is 6.08 Å². The van der Waals surface area contributed by atoms with Crippen molar-refractivity contribution in [2.24, 2.45) is 0 Å². The fourth-order valence-corrected chi connectivity index (χ4v) is 1.84. The highest BCUT2D eigenvalue weighted by atomic mass is 32.2. The van der Waals surface area contributed by atoms with Crippen molar-refractivity contribution < 1.29 is 8.42 Å². The summed E-state index contributed by atoms with van der Waals surface area (Å²) in [7, 11) is -1.74. The van der Waals surface area contributed by atoms with E-state index in [2.05, 4.69) is 4.72 Å². The van der Waals surface area contributed by atoms with Gasteiger partial charge in [-0.1, -0.05) is 12.2 Å². The summed E-state index contributed by atoms with van der Waals surface area (Å²) >= 11 is 0. The lowest BCUT2D eigenvalue weighted by molar-refractivity contribution is 0.592. The van der Waals surface area contributed by atoms with Crippen LogP contribution in [0.5, 0.6) is 0 Å². The van der Waals surface area contributed by atoms with Crippen molar-refractivity contribution in [1.82, 2.24) is 4.72 Å². The molecule has 0 saturated carbocycles. The summed E-state index contributed by atoms with van der Waals surface area (Å²) in [6.45, 7) is 0. The summed E-state index contributed by atoms with van der Waals surface area (Å²) in [6, 6.07) is 0. The van der Waals surface area contributed by atoms with E-state index in [1.54, 1.807) is 12.2 Å². The van der Waals surface area contributed by atoms with Gasteiger partial charge < -0.3 is 0 Å². The minimum atomic E-state index is -3.16. The van der Waals surface area contributed by atoms with Crippen molar-refractivity contribution >= 4 is 10.0 Å². The van der Waals surface area contributed by atoms with Crippen molar-refractivity contribution in [1.29, 1.82) is 0 Å². The first kappa shape index (κ1) is 8.49. The van der Waals surface area contributed by atoms with E-state index in [-0.39, 0.29) is 0 Å². The maximum absolute atomic E-state index is 11.1. The fourth-order valence-electron chi connectivity index (χ4n) is 0.936. The molecule has 0 aromatic heterocycles. The zero-order valence-electron chi connectivity index (χ0n) is 6.37. The van der Waals surface area contributed by atoms with Gasteiger partial charge in [-0.15, -0.1) is 0 Å². The number of hydrogen-bond acceptors (Lipinski definition) is 2. The second kappa shape index (κ2) is 3.19. The van der Waals surface area contributed by atoms with Gasteiger partial charge in [-0.05, 0) is 26.0 Å². The summed E-state index contributed by atoms with van der Waals surface area (Å²) in [6.07, 6.45) is 6.78. The second-order valence-corrected chi connectivity index (χ2v) is 4.25. The van der Waals surface area contributed by atoms with Gasteiger partial charge in [-0.2, -0.15) is 0 Å². The molecule has 0 aromatic carbocycles. The zero-order chi connectivity index (χ0) is 8.32. The Bertz CT molecular complexity index is 288. The van der Waals surface area contributed by atoms with Crippen LogP contribution in [0.1, 0.15) is 12.8 Å². The number of allylic oxidation sites excluding steroid dienone is 4. The van der Waals surface area contributed by atoms with E-state index in [4.69, 9.17) is 0 Å². The van der Waals surface area contributed by atoms with E-state index in [0.29, 0.717) is 11.3 Å². The molecule has 0 saturated heterocycles. The fraction of sp³-hybridized carbons (Fsp3) is 0.429. The summed E-state index contributed by atoms with van der Waals surface area (Å²) in [5, 5.41) is 0. The molecule has 0 bridgehead atoms. The van der Waals surface area contributed by atoms with Crippen LogP contribution < -0.4 is 4.72 Å². The number of nitrogens with one attached hydrogen (secondary N) is 1. The third-order valence-electron chi connectivity index (χ3n) is 1.59. The quantitative estimate of drug-likeness (QED) is 0.670. The third-order valence-corrected chi connectivity index (χ3v) is 3.16. The van der Waals surface area contributed by atoms with Crippen molar-refractivity contribution in [2.75, 3.05) is 7.05 Å². The average molecular weight is 173 g/mol. The van der Waals surface area contributed by atoms with Gasteiger partial charge in [0.2, 0.25) is 10.0 Å². The molecule has 0 fully saturated rings. The Morgan fingerprint density at radius 1 is 1.55 bits per heavy atom. The molecule has 0 amide bonds. The van der Waals surface area contributed by atoms with Crippen molar-refractivity contribution in [2.45, 2.75) is 12.8 Å². The van der Waals surface area contributed by atoms with Crippen LogP contribution in [0.15, 0.2) is 23.1 Å². The van der Waals surface area contributed by atoms with Crippen LogP contribution in [-0.2, 0) is 10.0 Å². The Kier molecular flexibility index (Phi) is 2.46. The lowest BCUT2D eigenvalue weighted by Crippen LogP contribution is -2.20. The topological polar surface area (TPSA) is 46.2 Å². The summed E-state index contributed by atoms with van der Waals surface area (Å²) in [5.74, 6) is 0. The van der Waals surface area contributed by atoms with Crippen LogP contribution >= 0.6 is 0 Å². The molecule has 0 radical (unpaired) electrons. The van der Waals surface area contributed by atoms with Crippen LogP contribution in [0, 0.1) is 0 Å². The highest BCUT2D eigenvalue weighted by Gasteiger charge is 2.14. The van der Waals surface area contributed by atoms with Gasteiger partial charge in [-0.3, -0.25) is 0 Å². The standard InChI is InChI=1S/C7H11NO2S/c1-8-11(9,10)7-5-3-2-4-6-7/h2-3,5,8H,4,6H2,1H3. The normalized spacial score (nSPS) is 18.1. The van der Waals surface area contributed by atoms with Crippen LogP contribution in [0.4, 0.5) is 0 Å². The number of hydrogen-bond donors (Lipinski definition) is 1. The van der Waals surface area contributed by atoms with E-state index in [1.165, 1.54) is 7.05 Å². The van der Waals surface area contributed by atoms with Gasteiger partial charge in [0.25, 0.3) is 0 Å². The molecule has 3 nitrogen and oxygen atoms in total. The van der Waals surface area contributed by atoms with E-state index < -0.39 is 10.0 Å². The molecule has 0 unspecified atom stereocenters. The largest absolute Gasteiger partial charge is 0.236 e. The van der Waals surface area contributed by atoms with Crippen molar-refractivity contribution in [3.63, 3.8) is 0 Å². The van der Waals surface area contributed by atoms with Gasteiger partial charge in [0.1, 0.15) is 0 Å². The first-order valence-electron chi connectivity index (χ1n) is 3.46. The molecule has 0 heterocycles. The highest BCUT2D eigenvalue weighted by molar-refractivity contribution is 7.93. The lowest BCUT2D eigenvalue weighted by atomic mass is 10.2. The SMILES string of the molecule is CNS(=O)(=O)C1=CC=CCC1. The molecular formula is C7H11NO2S. The van der Waals surface area contributed by atoms with Gasteiger partial charge in [0, 0.05) is 0 Å². The van der Waals surface area contributed by atoms with E-state index in [0.717, 1.165) is 6.42 Å². The Hall–Kier alpha value is -0.610. The van der Waals surface area contributed by atoms with Crippen LogP contribution in [0.2, 0.25) is 0 Å². The monoisotopic (exact) mass is 173 g/mol. The molecule has 1 aliphatic rings. The van der Waals surface area contributed by atoms with Crippen LogP contribution in [-0.4, -0.2) is 15.5 Å². The molecule has 0 spiro atoms. The molecule has 62 valence electrons. The maximum Gasteiger partial charge on any atom is 0.236 e. The molecular weight excluding hydrogens is 162 g/mol. The Morgan fingerprint density at radius 3 is 2.73 bits per heavy atom. The number of rotatable bonds is 2. The zero-order valence-corrected chi connectivity index (χ0v) is 7.19. The van der Waals surface area contributed by atoms with Crippen molar-refractivity contribution in [3.05, 3.63) is 23.1 Å². The first-order valence-corrected chi connectivity index (χ1v) is 4.94. The molecule has 1 aliphatic carbocycles. The average Bonchev–Trinajstić information content (AvgIpc) is 2.06. The smallest absolute Gasteiger partial charge is 0.215 e. The molecule has 4 heteroatoms. The van der Waals surface area contributed by atoms with Gasteiger partial charge in [0.05, 0.1) is 4.91 Å². The second-order valence-electron chi connectivity index (χ2n) is 2.31. The minimum absolute atomic E-state index is 0.475. The molecule has 1 rings (SSSR count). The van der Waals surface area contributed by atoms with Gasteiger partial charge >= 0.3 is 0 Å². The van der Waals surface area contributed by atoms with Gasteiger partial charge in [-0.25, -0.2) is 13.1 Å². The highest BCUT2D eigenvalue weighted by Crippen LogP contribution is 2.16. The summed E-state index contributed by atoms with van der Waals surface area (Å²) in [5.41, 5.74) is 0. The number of sulfonamides is 1. The molecule has 0 aliphatic heterocycles. The van der Waals surface area contributed by atoms with Gasteiger partial charge in [0.15, 0.2) is 0 Å². The van der Waals surface area contributed by atoms with Crippen LogP contribution in [0.25, 0.3) is 0 Å². The summed E-state index contributed by atoms with van der Waals surface area (Å²) < 4.78 is 24.6. The molecule has 0 aromatic rings. The Labute approximate surface area is 66.9 Å². The predicted octanol–water partition coefficient (Wildman–Crippen LogP) is 0.770. The minimum Gasteiger partial charge on any atom is -0.215 e. The van der Waals surface area contributed by atoms with E-state index in [9.17, 15) is 8.42 Å².